The largest absolute Gasteiger partial charge is 0.493 e. The number of nitrogens with zero attached hydrogens (tertiary/aromatic N) is 2. The van der Waals surface area contributed by atoms with Crippen LogP contribution < -0.4 is 9.64 Å². The van der Waals surface area contributed by atoms with Gasteiger partial charge in [-0.2, -0.15) is 0 Å². The Balaban J connectivity index is 1.09. The zero-order valence-corrected chi connectivity index (χ0v) is 16.8. The van der Waals surface area contributed by atoms with Crippen LogP contribution in [0.5, 0.6) is 5.75 Å². The lowest BCUT2D eigenvalue weighted by Crippen LogP contribution is -2.46. The van der Waals surface area contributed by atoms with Crippen LogP contribution in [0, 0.1) is 0 Å². The van der Waals surface area contributed by atoms with E-state index >= 15 is 0 Å². The summed E-state index contributed by atoms with van der Waals surface area (Å²) in [5, 5.41) is 4.81. The third-order valence-electron chi connectivity index (χ3n) is 5.60. The molecular formula is C23H25N3OS. The first-order valence-electron chi connectivity index (χ1n) is 10.0. The van der Waals surface area contributed by atoms with Gasteiger partial charge in [-0.3, -0.25) is 4.90 Å². The Kier molecular flexibility index (Phi) is 4.93. The van der Waals surface area contributed by atoms with Crippen LogP contribution in [-0.2, 0) is 0 Å². The van der Waals surface area contributed by atoms with Gasteiger partial charge in [0.05, 0.1) is 6.61 Å². The van der Waals surface area contributed by atoms with E-state index in [1.165, 1.54) is 21.2 Å². The highest BCUT2D eigenvalue weighted by atomic mass is 32.1. The molecule has 3 heterocycles. The monoisotopic (exact) mass is 391 g/mol. The predicted octanol–water partition coefficient (Wildman–Crippen LogP) is 4.97. The van der Waals surface area contributed by atoms with E-state index in [1.54, 1.807) is 0 Å². The van der Waals surface area contributed by atoms with Crippen LogP contribution in [0.1, 0.15) is 6.42 Å². The average Bonchev–Trinajstić information content (AvgIpc) is 3.40. The molecule has 0 unspecified atom stereocenters. The van der Waals surface area contributed by atoms with Gasteiger partial charge in [0.15, 0.2) is 0 Å². The molecule has 144 valence electrons. The summed E-state index contributed by atoms with van der Waals surface area (Å²) in [5.74, 6) is 0.948. The quantitative estimate of drug-likeness (QED) is 0.471. The van der Waals surface area contributed by atoms with E-state index in [-0.39, 0.29) is 0 Å². The SMILES string of the molecule is c1cc(N2CCN(CCCOc3ccc4cc[nH]c4c3)CC2)c2ccsc2c1. The molecule has 0 spiro atoms. The van der Waals surface area contributed by atoms with Crippen molar-refractivity contribution < 1.29 is 4.74 Å². The van der Waals surface area contributed by atoms with Gasteiger partial charge in [-0.15, -0.1) is 11.3 Å². The van der Waals surface area contributed by atoms with Crippen molar-refractivity contribution in [3.63, 3.8) is 0 Å². The van der Waals surface area contributed by atoms with Gasteiger partial charge in [0, 0.05) is 66.3 Å². The van der Waals surface area contributed by atoms with Gasteiger partial charge in [0.2, 0.25) is 0 Å². The second-order valence-corrected chi connectivity index (χ2v) is 8.31. The predicted molar refractivity (Wildman–Crippen MR) is 119 cm³/mol. The van der Waals surface area contributed by atoms with E-state index in [0.29, 0.717) is 0 Å². The molecule has 28 heavy (non-hydrogen) atoms. The molecule has 4 nitrogen and oxygen atoms in total. The number of nitrogens with one attached hydrogen (secondary N) is 1. The zero-order chi connectivity index (χ0) is 18.8. The average molecular weight is 392 g/mol. The van der Waals surface area contributed by atoms with Crippen molar-refractivity contribution in [2.45, 2.75) is 6.42 Å². The molecule has 1 aliphatic rings. The van der Waals surface area contributed by atoms with Crippen LogP contribution in [0.15, 0.2) is 60.1 Å². The molecule has 1 aliphatic heterocycles. The first-order chi connectivity index (χ1) is 13.9. The van der Waals surface area contributed by atoms with E-state index in [4.69, 9.17) is 4.74 Å². The molecule has 2 aromatic heterocycles. The van der Waals surface area contributed by atoms with Crippen molar-refractivity contribution in [1.82, 2.24) is 9.88 Å². The molecule has 1 fully saturated rings. The summed E-state index contributed by atoms with van der Waals surface area (Å²) < 4.78 is 7.33. The Morgan fingerprint density at radius 3 is 2.86 bits per heavy atom. The highest BCUT2D eigenvalue weighted by Gasteiger charge is 2.18. The molecule has 1 saturated heterocycles. The van der Waals surface area contributed by atoms with E-state index in [0.717, 1.165) is 57.0 Å². The number of aromatic amines is 1. The standard InChI is InChI=1S/C23H25N3OS/c1-3-22(20-8-16-28-23(20)4-1)26-13-11-25(12-14-26)10-2-15-27-19-6-5-18-7-9-24-21(18)17-19/h1,3-9,16-17,24H,2,10-15H2. The number of hydrogen-bond donors (Lipinski definition) is 1. The summed E-state index contributed by atoms with van der Waals surface area (Å²) in [6.45, 7) is 6.30. The summed E-state index contributed by atoms with van der Waals surface area (Å²) in [6.07, 6.45) is 3.02. The molecule has 4 aromatic rings. The van der Waals surface area contributed by atoms with Crippen LogP contribution in [-0.4, -0.2) is 49.2 Å². The fraction of sp³-hybridized carbons (Fsp3) is 0.304. The van der Waals surface area contributed by atoms with E-state index in [1.807, 2.05) is 17.5 Å². The second kappa shape index (κ2) is 7.86. The number of hydrogen-bond acceptors (Lipinski definition) is 4. The highest BCUT2D eigenvalue weighted by molar-refractivity contribution is 7.17. The van der Waals surface area contributed by atoms with Gasteiger partial charge in [-0.25, -0.2) is 0 Å². The maximum Gasteiger partial charge on any atom is 0.121 e. The summed E-state index contributed by atoms with van der Waals surface area (Å²) in [6, 6.07) is 17.2. The molecule has 0 bridgehead atoms. The van der Waals surface area contributed by atoms with E-state index in [2.05, 4.69) is 68.7 Å². The third-order valence-corrected chi connectivity index (χ3v) is 6.48. The number of fused-ring (bicyclic) bond motifs is 2. The molecule has 5 heteroatoms. The second-order valence-electron chi connectivity index (χ2n) is 7.37. The number of aromatic nitrogens is 1. The molecule has 5 rings (SSSR count). The summed E-state index contributed by atoms with van der Waals surface area (Å²) in [4.78, 5) is 8.33. The first kappa shape index (κ1) is 17.6. The van der Waals surface area contributed by atoms with Crippen molar-refractivity contribution in [3.8, 4) is 5.75 Å². The van der Waals surface area contributed by atoms with Crippen molar-refractivity contribution in [3.05, 3.63) is 60.1 Å². The van der Waals surface area contributed by atoms with Crippen LogP contribution in [0.3, 0.4) is 0 Å². The molecule has 0 aliphatic carbocycles. The molecule has 1 N–H and O–H groups in total. The van der Waals surface area contributed by atoms with Gasteiger partial charge in [0.1, 0.15) is 5.75 Å². The van der Waals surface area contributed by atoms with Gasteiger partial charge < -0.3 is 14.6 Å². The van der Waals surface area contributed by atoms with Gasteiger partial charge in [-0.05, 0) is 53.6 Å². The van der Waals surface area contributed by atoms with Crippen LogP contribution in [0.25, 0.3) is 21.0 Å². The van der Waals surface area contributed by atoms with Crippen LogP contribution in [0.2, 0.25) is 0 Å². The molecular weight excluding hydrogens is 366 g/mol. The molecule has 0 atom stereocenters. The fourth-order valence-corrected chi connectivity index (χ4v) is 4.87. The van der Waals surface area contributed by atoms with Crippen LogP contribution >= 0.6 is 11.3 Å². The Labute approximate surface area is 169 Å². The van der Waals surface area contributed by atoms with E-state index < -0.39 is 0 Å². The smallest absolute Gasteiger partial charge is 0.121 e. The minimum Gasteiger partial charge on any atom is -0.493 e. The fourth-order valence-electron chi connectivity index (χ4n) is 4.06. The zero-order valence-electron chi connectivity index (χ0n) is 15.9. The van der Waals surface area contributed by atoms with E-state index in [9.17, 15) is 0 Å². The Bertz CT molecular complexity index is 1060. The van der Waals surface area contributed by atoms with Gasteiger partial charge in [0.25, 0.3) is 0 Å². The van der Waals surface area contributed by atoms with Gasteiger partial charge in [-0.1, -0.05) is 6.07 Å². The minimum absolute atomic E-state index is 0.765. The highest BCUT2D eigenvalue weighted by Crippen LogP contribution is 2.31. The summed E-state index contributed by atoms with van der Waals surface area (Å²) >= 11 is 1.83. The summed E-state index contributed by atoms with van der Waals surface area (Å²) in [7, 11) is 0. The number of rotatable bonds is 6. The topological polar surface area (TPSA) is 31.5 Å². The number of thiophene rings is 1. The Morgan fingerprint density at radius 2 is 1.93 bits per heavy atom. The van der Waals surface area contributed by atoms with Crippen molar-refractivity contribution in [2.75, 3.05) is 44.2 Å². The number of piperazine rings is 1. The third kappa shape index (κ3) is 3.60. The first-order valence-corrected chi connectivity index (χ1v) is 10.9. The lowest BCUT2D eigenvalue weighted by atomic mass is 10.2. The Hall–Kier alpha value is -2.50. The molecule has 0 radical (unpaired) electrons. The molecule has 0 saturated carbocycles. The van der Waals surface area contributed by atoms with Crippen molar-refractivity contribution in [2.24, 2.45) is 0 Å². The number of H-pyrrole nitrogens is 1. The summed E-state index contributed by atoms with van der Waals surface area (Å²) in [5.41, 5.74) is 2.52. The van der Waals surface area contributed by atoms with Gasteiger partial charge >= 0.3 is 0 Å². The number of benzene rings is 2. The molecule has 2 aromatic carbocycles. The molecule has 0 amide bonds. The maximum absolute atomic E-state index is 5.95. The minimum atomic E-state index is 0.765. The Morgan fingerprint density at radius 1 is 1.00 bits per heavy atom. The normalized spacial score (nSPS) is 15.5. The maximum atomic E-state index is 5.95. The number of anilines is 1. The lowest BCUT2D eigenvalue weighted by molar-refractivity contribution is 0.225. The van der Waals surface area contributed by atoms with Crippen molar-refractivity contribution >= 4 is 38.0 Å². The van der Waals surface area contributed by atoms with Crippen LogP contribution in [0.4, 0.5) is 5.69 Å². The van der Waals surface area contributed by atoms with Crippen molar-refractivity contribution in [1.29, 1.82) is 0 Å². The number of ether oxygens (including phenoxy) is 1. The lowest BCUT2D eigenvalue weighted by Gasteiger charge is -2.36.